The summed E-state index contributed by atoms with van der Waals surface area (Å²) in [6.45, 7) is 7.17. The molecule has 0 aliphatic carbocycles. The van der Waals surface area contributed by atoms with Crippen LogP contribution in [0.2, 0.25) is 0 Å². The molecule has 0 aromatic rings. The van der Waals surface area contributed by atoms with Gasteiger partial charge in [-0.25, -0.2) is 4.79 Å². The molecule has 0 heterocycles. The van der Waals surface area contributed by atoms with Crippen LogP contribution in [0, 0.1) is 0 Å². The smallest absolute Gasteiger partial charge is 0.499 e. The van der Waals surface area contributed by atoms with Crippen LogP contribution in [0.1, 0.15) is 26.7 Å². The molecule has 5 nitrogen and oxygen atoms in total. The summed E-state index contributed by atoms with van der Waals surface area (Å²) in [7, 11) is -1.03. The number of carbonyl (C=O) groups excluding carboxylic acids is 1. The maximum atomic E-state index is 11.0. The topological polar surface area (TPSA) is 61.8 Å². The van der Waals surface area contributed by atoms with Crippen LogP contribution < -0.4 is 0 Å². The van der Waals surface area contributed by atoms with E-state index in [1.54, 1.807) is 13.8 Å². The van der Waals surface area contributed by atoms with Crippen molar-refractivity contribution < 1.29 is 22.8 Å². The number of esters is 1. The van der Waals surface area contributed by atoms with Gasteiger partial charge in [0.2, 0.25) is 0 Å². The summed E-state index contributed by atoms with van der Waals surface area (Å²) >= 11 is 0. The largest absolute Gasteiger partial charge is 0.767 e. The standard InChI is InChI=1S/C10H18O5Si/c1-8(2)10(11)14-7-5-6-9(3)15-16(12)13-4/h9H,1,5-7H2,2-4H3. The molecule has 0 aliphatic rings. The lowest BCUT2D eigenvalue weighted by Gasteiger charge is -2.11. The Morgan fingerprint density at radius 3 is 2.62 bits per heavy atom. The van der Waals surface area contributed by atoms with Gasteiger partial charge in [-0.3, -0.25) is 4.46 Å². The summed E-state index contributed by atoms with van der Waals surface area (Å²) in [5, 5.41) is 0. The van der Waals surface area contributed by atoms with Gasteiger partial charge < -0.3 is 13.6 Å². The number of rotatable bonds is 8. The minimum atomic E-state index is -2.37. The first-order valence-corrected chi connectivity index (χ1v) is 6.27. The van der Waals surface area contributed by atoms with E-state index in [4.69, 9.17) is 9.16 Å². The summed E-state index contributed by atoms with van der Waals surface area (Å²) in [5.41, 5.74) is 0.383. The second kappa shape index (κ2) is 8.03. The first kappa shape index (κ1) is 14.8. The monoisotopic (exact) mass is 246 g/mol. The Morgan fingerprint density at radius 1 is 1.50 bits per heavy atom. The molecule has 6 heteroatoms. The Kier molecular flexibility index (Phi) is 7.45. The molecule has 0 radical (unpaired) electrons. The molecule has 0 aromatic heterocycles. The molecule has 0 aromatic carbocycles. The van der Waals surface area contributed by atoms with Crippen molar-refractivity contribution in [1.29, 1.82) is 0 Å². The number of ether oxygens (including phenoxy) is 1. The van der Waals surface area contributed by atoms with Crippen molar-refractivity contribution in [2.45, 2.75) is 32.8 Å². The molecule has 0 saturated heterocycles. The van der Waals surface area contributed by atoms with Crippen molar-refractivity contribution in [2.75, 3.05) is 13.7 Å². The van der Waals surface area contributed by atoms with E-state index in [2.05, 4.69) is 11.0 Å². The highest BCUT2D eigenvalue weighted by molar-refractivity contribution is 6.26. The molecule has 0 fully saturated rings. The fourth-order valence-corrected chi connectivity index (χ4v) is 1.47. The summed E-state index contributed by atoms with van der Waals surface area (Å²) in [4.78, 5) is 11.0. The van der Waals surface area contributed by atoms with Crippen LogP contribution in [-0.4, -0.2) is 35.0 Å². The van der Waals surface area contributed by atoms with Gasteiger partial charge in [0.25, 0.3) is 0 Å². The molecular formula is C10H18O5Si. The van der Waals surface area contributed by atoms with Crippen LogP contribution in [-0.2, 0) is 22.8 Å². The van der Waals surface area contributed by atoms with E-state index in [0.717, 1.165) is 0 Å². The van der Waals surface area contributed by atoms with Crippen molar-refractivity contribution in [2.24, 2.45) is 0 Å². The van der Waals surface area contributed by atoms with Gasteiger partial charge in [0.05, 0.1) is 19.8 Å². The minimum Gasteiger partial charge on any atom is -0.499 e. The third kappa shape index (κ3) is 7.16. The SMILES string of the molecule is C=C(C)C(=O)OCCCC(C)O[Si](=O)OC. The van der Waals surface area contributed by atoms with Crippen molar-refractivity contribution in [3.05, 3.63) is 12.2 Å². The Hall–Kier alpha value is -1.17. The number of carbonyl (C=O) groups is 1. The lowest BCUT2D eigenvalue weighted by atomic mass is 10.2. The number of hydrogen-bond donors (Lipinski definition) is 0. The molecule has 0 amide bonds. The predicted molar refractivity (Wildman–Crippen MR) is 59.0 cm³/mol. The van der Waals surface area contributed by atoms with Crippen molar-refractivity contribution >= 4 is 15.1 Å². The van der Waals surface area contributed by atoms with Gasteiger partial charge in [-0.2, -0.15) is 0 Å². The first-order chi connectivity index (χ1) is 7.47. The van der Waals surface area contributed by atoms with Gasteiger partial charge in [-0.15, -0.1) is 0 Å². The van der Waals surface area contributed by atoms with Gasteiger partial charge in [-0.1, -0.05) is 6.58 Å². The van der Waals surface area contributed by atoms with Crippen LogP contribution in [0.5, 0.6) is 0 Å². The van der Waals surface area contributed by atoms with E-state index in [9.17, 15) is 9.26 Å². The van der Waals surface area contributed by atoms with Crippen LogP contribution in [0.25, 0.3) is 0 Å². The van der Waals surface area contributed by atoms with Crippen LogP contribution in [0.15, 0.2) is 12.2 Å². The highest BCUT2D eigenvalue weighted by Gasteiger charge is 2.13. The van der Waals surface area contributed by atoms with Gasteiger partial charge in [-0.05, 0) is 26.7 Å². The summed E-state index contributed by atoms with van der Waals surface area (Å²) < 4.78 is 25.3. The molecule has 1 atom stereocenters. The van der Waals surface area contributed by atoms with Gasteiger partial charge in [0.15, 0.2) is 0 Å². The van der Waals surface area contributed by atoms with E-state index >= 15 is 0 Å². The quantitative estimate of drug-likeness (QED) is 0.280. The Morgan fingerprint density at radius 2 is 2.12 bits per heavy atom. The molecule has 16 heavy (non-hydrogen) atoms. The van der Waals surface area contributed by atoms with E-state index in [0.29, 0.717) is 25.0 Å². The van der Waals surface area contributed by atoms with Crippen LogP contribution in [0.3, 0.4) is 0 Å². The highest BCUT2D eigenvalue weighted by Crippen LogP contribution is 2.03. The van der Waals surface area contributed by atoms with E-state index < -0.39 is 9.17 Å². The van der Waals surface area contributed by atoms with Crippen LogP contribution in [0.4, 0.5) is 0 Å². The third-order valence-electron chi connectivity index (χ3n) is 1.80. The van der Waals surface area contributed by atoms with Gasteiger partial charge in [0.1, 0.15) is 0 Å². The average Bonchev–Trinajstić information content (AvgIpc) is 2.23. The van der Waals surface area contributed by atoms with E-state index in [-0.39, 0.29) is 12.1 Å². The normalized spacial score (nSPS) is 11.4. The maximum absolute atomic E-state index is 11.0. The molecule has 1 unspecified atom stereocenters. The average molecular weight is 246 g/mol. The van der Waals surface area contributed by atoms with Crippen LogP contribution >= 0.6 is 0 Å². The maximum Gasteiger partial charge on any atom is 0.767 e. The molecule has 0 rings (SSSR count). The molecular weight excluding hydrogens is 228 g/mol. The Balaban J connectivity index is 3.55. The van der Waals surface area contributed by atoms with E-state index in [1.165, 1.54) is 7.11 Å². The van der Waals surface area contributed by atoms with Crippen molar-refractivity contribution in [3.63, 3.8) is 0 Å². The zero-order chi connectivity index (χ0) is 12.6. The molecule has 0 bridgehead atoms. The van der Waals surface area contributed by atoms with Gasteiger partial charge in [0, 0.05) is 5.57 Å². The van der Waals surface area contributed by atoms with E-state index in [1.807, 2.05) is 0 Å². The molecule has 92 valence electrons. The van der Waals surface area contributed by atoms with Crippen molar-refractivity contribution in [1.82, 2.24) is 0 Å². The molecule has 0 spiro atoms. The fourth-order valence-electron chi connectivity index (χ4n) is 0.930. The summed E-state index contributed by atoms with van der Waals surface area (Å²) in [6.07, 6.45) is 1.14. The lowest BCUT2D eigenvalue weighted by molar-refractivity contribution is -0.139. The lowest BCUT2D eigenvalue weighted by Crippen LogP contribution is -2.19. The summed E-state index contributed by atoms with van der Waals surface area (Å²) in [5.74, 6) is -0.390. The molecule has 0 N–H and O–H groups in total. The Bertz CT molecular complexity index is 264. The number of hydrogen-bond acceptors (Lipinski definition) is 5. The van der Waals surface area contributed by atoms with Gasteiger partial charge >= 0.3 is 15.1 Å². The highest BCUT2D eigenvalue weighted by atomic mass is 28.3. The second-order valence-corrected chi connectivity index (χ2v) is 4.59. The third-order valence-corrected chi connectivity index (χ3v) is 2.73. The second-order valence-electron chi connectivity index (χ2n) is 3.44. The zero-order valence-electron chi connectivity index (χ0n) is 9.95. The first-order valence-electron chi connectivity index (χ1n) is 5.04. The molecule has 0 saturated carbocycles. The zero-order valence-corrected chi connectivity index (χ0v) is 10.9. The van der Waals surface area contributed by atoms with Crippen molar-refractivity contribution in [3.8, 4) is 0 Å². The Labute approximate surface area is 97.3 Å². The molecule has 0 aliphatic heterocycles. The fraction of sp³-hybridized carbons (Fsp3) is 0.700. The predicted octanol–water partition coefficient (Wildman–Crippen LogP) is 1.35. The summed E-state index contributed by atoms with van der Waals surface area (Å²) in [6, 6.07) is 0. The minimum absolute atomic E-state index is 0.171.